The number of rotatable bonds is 6. The summed E-state index contributed by atoms with van der Waals surface area (Å²) in [5.74, 6) is 0.535. The second-order valence-corrected chi connectivity index (χ2v) is 8.77. The van der Waals surface area contributed by atoms with Crippen molar-refractivity contribution in [3.8, 4) is 5.69 Å². The van der Waals surface area contributed by atoms with E-state index in [1.165, 1.54) is 11.6 Å². The highest BCUT2D eigenvalue weighted by atomic mass is 19.1. The number of piperazine rings is 1. The lowest BCUT2D eigenvalue weighted by atomic mass is 10.1. The molecule has 3 aromatic carbocycles. The van der Waals surface area contributed by atoms with E-state index >= 15 is 0 Å². The standard InChI is InChI=1S/C28H28FN5O/c1-21-9-5-7-13-24(21)34-26(16-15-22-10-3-2-4-11-22)30-27(31-34)28(35)33-19-17-32(18-20-33)25-14-8-6-12-23(25)29/h2-14H,15-20H2,1H3. The Labute approximate surface area is 204 Å². The van der Waals surface area contributed by atoms with E-state index in [4.69, 9.17) is 4.98 Å². The number of amides is 1. The fraction of sp³-hybridized carbons (Fsp3) is 0.250. The molecule has 0 saturated carbocycles. The normalized spacial score (nSPS) is 13.8. The molecule has 1 aliphatic heterocycles. The zero-order valence-electron chi connectivity index (χ0n) is 19.8. The average Bonchev–Trinajstić information content (AvgIpc) is 3.32. The van der Waals surface area contributed by atoms with Gasteiger partial charge in [0.15, 0.2) is 0 Å². The van der Waals surface area contributed by atoms with Crippen LogP contribution in [0.2, 0.25) is 0 Å². The number of aromatic nitrogens is 3. The number of benzene rings is 3. The van der Waals surface area contributed by atoms with Gasteiger partial charge < -0.3 is 9.80 Å². The molecule has 1 fully saturated rings. The molecule has 5 rings (SSSR count). The third-order valence-corrected chi connectivity index (χ3v) is 6.45. The van der Waals surface area contributed by atoms with E-state index in [0.717, 1.165) is 23.5 Å². The maximum absolute atomic E-state index is 14.2. The first-order chi connectivity index (χ1) is 17.1. The van der Waals surface area contributed by atoms with Crippen molar-refractivity contribution in [3.05, 3.63) is 107 Å². The predicted molar refractivity (Wildman–Crippen MR) is 134 cm³/mol. The molecule has 178 valence electrons. The Morgan fingerprint density at radius 1 is 0.829 bits per heavy atom. The summed E-state index contributed by atoms with van der Waals surface area (Å²) in [6.07, 6.45) is 1.47. The number of carbonyl (C=O) groups excluding carboxylic acids is 1. The minimum Gasteiger partial charge on any atom is -0.366 e. The van der Waals surface area contributed by atoms with E-state index < -0.39 is 0 Å². The monoisotopic (exact) mass is 469 g/mol. The number of nitrogens with zero attached hydrogens (tertiary/aromatic N) is 5. The summed E-state index contributed by atoms with van der Waals surface area (Å²) in [6, 6.07) is 25.0. The molecular formula is C28H28FN5O. The van der Waals surface area contributed by atoms with E-state index in [1.807, 2.05) is 60.4 Å². The lowest BCUT2D eigenvalue weighted by Gasteiger charge is -2.35. The number of halogens is 1. The van der Waals surface area contributed by atoms with Crippen molar-refractivity contribution in [2.24, 2.45) is 0 Å². The summed E-state index contributed by atoms with van der Waals surface area (Å²) in [6.45, 7) is 4.14. The van der Waals surface area contributed by atoms with E-state index in [9.17, 15) is 9.18 Å². The summed E-state index contributed by atoms with van der Waals surface area (Å²) >= 11 is 0. The molecule has 1 aromatic heterocycles. The fourth-order valence-corrected chi connectivity index (χ4v) is 4.49. The van der Waals surface area contributed by atoms with Crippen LogP contribution >= 0.6 is 0 Å². The zero-order chi connectivity index (χ0) is 24.2. The topological polar surface area (TPSA) is 54.3 Å². The smallest absolute Gasteiger partial charge is 0.293 e. The first kappa shape index (κ1) is 22.8. The van der Waals surface area contributed by atoms with Gasteiger partial charge in [-0.2, -0.15) is 0 Å². The lowest BCUT2D eigenvalue weighted by molar-refractivity contribution is 0.0734. The summed E-state index contributed by atoms with van der Waals surface area (Å²) in [4.78, 5) is 21.8. The first-order valence-corrected chi connectivity index (χ1v) is 11.9. The molecule has 2 heterocycles. The van der Waals surface area contributed by atoms with Crippen LogP contribution in [-0.2, 0) is 12.8 Å². The van der Waals surface area contributed by atoms with Crippen molar-refractivity contribution in [1.29, 1.82) is 0 Å². The molecular weight excluding hydrogens is 441 g/mol. The Morgan fingerprint density at radius 2 is 1.49 bits per heavy atom. The molecule has 1 amide bonds. The lowest BCUT2D eigenvalue weighted by Crippen LogP contribution is -2.49. The van der Waals surface area contributed by atoms with Gasteiger partial charge in [0.1, 0.15) is 11.6 Å². The Kier molecular flexibility index (Phi) is 6.57. The first-order valence-electron chi connectivity index (χ1n) is 11.9. The van der Waals surface area contributed by atoms with E-state index in [1.54, 1.807) is 21.7 Å². The van der Waals surface area contributed by atoms with Gasteiger partial charge in [-0.05, 0) is 42.7 Å². The Hall–Kier alpha value is -4.00. The number of aryl methyl sites for hydroxylation is 3. The van der Waals surface area contributed by atoms with Gasteiger partial charge in [-0.25, -0.2) is 14.1 Å². The predicted octanol–water partition coefficient (Wildman–Crippen LogP) is 4.46. The highest BCUT2D eigenvalue weighted by molar-refractivity contribution is 5.90. The van der Waals surface area contributed by atoms with Crippen LogP contribution in [-0.4, -0.2) is 51.8 Å². The van der Waals surface area contributed by atoms with Gasteiger partial charge >= 0.3 is 0 Å². The van der Waals surface area contributed by atoms with Crippen LogP contribution in [0.15, 0.2) is 78.9 Å². The van der Waals surface area contributed by atoms with E-state index in [2.05, 4.69) is 17.2 Å². The third kappa shape index (κ3) is 4.94. The minimum atomic E-state index is -0.242. The maximum atomic E-state index is 14.2. The second kappa shape index (κ2) is 10.1. The van der Waals surface area contributed by atoms with Crippen LogP contribution < -0.4 is 4.90 Å². The number of anilines is 1. The maximum Gasteiger partial charge on any atom is 0.293 e. The quantitative estimate of drug-likeness (QED) is 0.418. The van der Waals surface area contributed by atoms with Crippen molar-refractivity contribution in [2.45, 2.75) is 19.8 Å². The number of carbonyl (C=O) groups is 1. The molecule has 0 bridgehead atoms. The van der Waals surface area contributed by atoms with Gasteiger partial charge in [-0.3, -0.25) is 4.79 Å². The molecule has 0 aliphatic carbocycles. The molecule has 0 radical (unpaired) electrons. The minimum absolute atomic E-state index is 0.188. The van der Waals surface area contributed by atoms with Crippen molar-refractivity contribution < 1.29 is 9.18 Å². The Bertz CT molecular complexity index is 1310. The molecule has 0 spiro atoms. The van der Waals surface area contributed by atoms with Crippen LogP contribution in [0.5, 0.6) is 0 Å². The molecule has 0 atom stereocenters. The van der Waals surface area contributed by atoms with Crippen LogP contribution in [0.25, 0.3) is 5.69 Å². The average molecular weight is 470 g/mol. The van der Waals surface area contributed by atoms with Crippen molar-refractivity contribution >= 4 is 11.6 Å². The summed E-state index contributed by atoms with van der Waals surface area (Å²) < 4.78 is 16.0. The van der Waals surface area contributed by atoms with Gasteiger partial charge in [-0.15, -0.1) is 5.10 Å². The SMILES string of the molecule is Cc1ccccc1-n1nc(C(=O)N2CCN(c3ccccc3F)CC2)nc1CCc1ccccc1. The molecule has 4 aromatic rings. The van der Waals surface area contributed by atoms with Crippen LogP contribution in [0, 0.1) is 12.7 Å². The molecule has 35 heavy (non-hydrogen) atoms. The molecule has 7 heteroatoms. The second-order valence-electron chi connectivity index (χ2n) is 8.77. The van der Waals surface area contributed by atoms with Crippen LogP contribution in [0.3, 0.4) is 0 Å². The third-order valence-electron chi connectivity index (χ3n) is 6.45. The molecule has 0 unspecified atom stereocenters. The molecule has 1 aliphatic rings. The number of hydrogen-bond acceptors (Lipinski definition) is 4. The largest absolute Gasteiger partial charge is 0.366 e. The number of hydrogen-bond donors (Lipinski definition) is 0. The van der Waals surface area contributed by atoms with Crippen LogP contribution in [0.4, 0.5) is 10.1 Å². The van der Waals surface area contributed by atoms with Crippen molar-refractivity contribution in [2.75, 3.05) is 31.1 Å². The highest BCUT2D eigenvalue weighted by Gasteiger charge is 2.27. The highest BCUT2D eigenvalue weighted by Crippen LogP contribution is 2.21. The summed E-state index contributed by atoms with van der Waals surface area (Å²) in [5, 5.41) is 4.66. The van der Waals surface area contributed by atoms with E-state index in [-0.39, 0.29) is 17.5 Å². The van der Waals surface area contributed by atoms with Gasteiger partial charge in [-0.1, -0.05) is 60.7 Å². The summed E-state index contributed by atoms with van der Waals surface area (Å²) in [5.41, 5.74) is 3.77. The van der Waals surface area contributed by atoms with E-state index in [0.29, 0.717) is 38.3 Å². The van der Waals surface area contributed by atoms with Crippen LogP contribution in [0.1, 0.15) is 27.6 Å². The van der Waals surface area contributed by atoms with Crippen molar-refractivity contribution in [3.63, 3.8) is 0 Å². The fourth-order valence-electron chi connectivity index (χ4n) is 4.49. The molecule has 1 saturated heterocycles. The Morgan fingerprint density at radius 3 is 2.20 bits per heavy atom. The van der Waals surface area contributed by atoms with Gasteiger partial charge in [0.25, 0.3) is 5.91 Å². The van der Waals surface area contributed by atoms with Crippen molar-refractivity contribution in [1.82, 2.24) is 19.7 Å². The zero-order valence-corrected chi connectivity index (χ0v) is 19.8. The van der Waals surface area contributed by atoms with Gasteiger partial charge in [0.05, 0.1) is 11.4 Å². The molecule has 0 N–H and O–H groups in total. The number of para-hydroxylation sites is 2. The molecule has 6 nitrogen and oxygen atoms in total. The van der Waals surface area contributed by atoms with Gasteiger partial charge in [0.2, 0.25) is 5.82 Å². The van der Waals surface area contributed by atoms with Gasteiger partial charge in [0, 0.05) is 32.6 Å². The summed E-state index contributed by atoms with van der Waals surface area (Å²) in [7, 11) is 0. The Balaban J connectivity index is 1.36.